The maximum atomic E-state index is 12.4. The molecule has 1 aliphatic rings. The molecule has 7 heteroatoms. The number of likely N-dealkylation sites (N-methyl/N-ethyl adjacent to an activating group) is 1. The second-order valence-electron chi connectivity index (χ2n) is 5.70. The van der Waals surface area contributed by atoms with Gasteiger partial charge in [0.05, 0.1) is 6.54 Å². The highest BCUT2D eigenvalue weighted by atomic mass is 19.4. The molecule has 0 aromatic heterocycles. The minimum atomic E-state index is -4.56. The SMILES string of the molecule is CC(C)N(C)C(=O)CN1CCC(C(O)C(F)(F)F)CC1. The van der Waals surface area contributed by atoms with Crippen LogP contribution in [0.2, 0.25) is 0 Å². The van der Waals surface area contributed by atoms with Crippen LogP contribution in [0, 0.1) is 5.92 Å². The maximum absolute atomic E-state index is 12.4. The summed E-state index contributed by atoms with van der Waals surface area (Å²) in [4.78, 5) is 15.4. The zero-order valence-electron chi connectivity index (χ0n) is 12.2. The Hall–Kier alpha value is -0.820. The number of alkyl halides is 3. The lowest BCUT2D eigenvalue weighted by atomic mass is 9.91. The molecule has 1 amide bonds. The molecule has 0 saturated carbocycles. The molecule has 118 valence electrons. The molecule has 1 heterocycles. The van der Waals surface area contributed by atoms with Crippen molar-refractivity contribution in [2.24, 2.45) is 5.92 Å². The molecule has 0 spiro atoms. The molecule has 0 aromatic rings. The van der Waals surface area contributed by atoms with Crippen molar-refractivity contribution in [3.05, 3.63) is 0 Å². The number of nitrogens with zero attached hydrogens (tertiary/aromatic N) is 2. The van der Waals surface area contributed by atoms with Crippen LogP contribution in [-0.4, -0.2) is 65.8 Å². The molecule has 0 aromatic carbocycles. The average molecular weight is 296 g/mol. The molecule has 1 N–H and O–H groups in total. The third-order valence-corrected chi connectivity index (χ3v) is 3.94. The molecular formula is C13H23F3N2O2. The molecule has 1 unspecified atom stereocenters. The highest BCUT2D eigenvalue weighted by Gasteiger charge is 2.44. The normalized spacial score (nSPS) is 20.2. The summed E-state index contributed by atoms with van der Waals surface area (Å²) >= 11 is 0. The minimum Gasteiger partial charge on any atom is -0.383 e. The fourth-order valence-electron chi connectivity index (χ4n) is 2.28. The fraction of sp³-hybridized carbons (Fsp3) is 0.923. The van der Waals surface area contributed by atoms with Crippen molar-refractivity contribution in [3.63, 3.8) is 0 Å². The van der Waals surface area contributed by atoms with Gasteiger partial charge < -0.3 is 10.0 Å². The third kappa shape index (κ3) is 4.63. The second-order valence-corrected chi connectivity index (χ2v) is 5.70. The molecule has 0 aliphatic carbocycles. The molecule has 1 aliphatic heterocycles. The zero-order valence-corrected chi connectivity index (χ0v) is 12.2. The van der Waals surface area contributed by atoms with Gasteiger partial charge in [-0.25, -0.2) is 0 Å². The van der Waals surface area contributed by atoms with Crippen molar-refractivity contribution in [2.75, 3.05) is 26.7 Å². The lowest BCUT2D eigenvalue weighted by Crippen LogP contribution is -2.47. The summed E-state index contributed by atoms with van der Waals surface area (Å²) in [6.07, 6.45) is -6.28. The number of rotatable bonds is 4. The fourth-order valence-corrected chi connectivity index (χ4v) is 2.28. The number of aliphatic hydroxyl groups excluding tert-OH is 1. The minimum absolute atomic E-state index is 0.0326. The van der Waals surface area contributed by atoms with Crippen LogP contribution in [0.5, 0.6) is 0 Å². The van der Waals surface area contributed by atoms with Gasteiger partial charge >= 0.3 is 6.18 Å². The van der Waals surface area contributed by atoms with Crippen LogP contribution < -0.4 is 0 Å². The number of carbonyl (C=O) groups is 1. The van der Waals surface area contributed by atoms with E-state index in [4.69, 9.17) is 0 Å². The Bertz CT molecular complexity index is 326. The van der Waals surface area contributed by atoms with Gasteiger partial charge in [-0.3, -0.25) is 9.69 Å². The van der Waals surface area contributed by atoms with E-state index >= 15 is 0 Å². The van der Waals surface area contributed by atoms with Gasteiger partial charge in [0.15, 0.2) is 6.10 Å². The van der Waals surface area contributed by atoms with E-state index in [1.165, 1.54) is 0 Å². The van der Waals surface area contributed by atoms with E-state index in [9.17, 15) is 23.1 Å². The van der Waals surface area contributed by atoms with Crippen LogP contribution in [0.4, 0.5) is 13.2 Å². The number of piperidine rings is 1. The Morgan fingerprint density at radius 1 is 1.35 bits per heavy atom. The zero-order chi connectivity index (χ0) is 15.5. The predicted molar refractivity (Wildman–Crippen MR) is 69.1 cm³/mol. The highest BCUT2D eigenvalue weighted by Crippen LogP contribution is 2.31. The Kier molecular flexibility index (Phi) is 5.82. The van der Waals surface area contributed by atoms with E-state index in [1.807, 2.05) is 18.7 Å². The first-order valence-corrected chi connectivity index (χ1v) is 6.85. The summed E-state index contributed by atoms with van der Waals surface area (Å²) in [6, 6.07) is 0.104. The van der Waals surface area contributed by atoms with Gasteiger partial charge in [0.25, 0.3) is 0 Å². The summed E-state index contributed by atoms with van der Waals surface area (Å²) in [6.45, 7) is 4.86. The van der Waals surface area contributed by atoms with Crippen LogP contribution in [-0.2, 0) is 4.79 Å². The first-order chi connectivity index (χ1) is 9.12. The Balaban J connectivity index is 2.41. The van der Waals surface area contributed by atoms with Crippen molar-refractivity contribution in [1.29, 1.82) is 0 Å². The number of carbonyl (C=O) groups excluding carboxylic acids is 1. The van der Waals surface area contributed by atoms with Crippen molar-refractivity contribution in [2.45, 2.75) is 45.0 Å². The smallest absolute Gasteiger partial charge is 0.383 e. The second kappa shape index (κ2) is 6.76. The van der Waals surface area contributed by atoms with E-state index < -0.39 is 18.2 Å². The first kappa shape index (κ1) is 17.2. The summed E-state index contributed by atoms with van der Waals surface area (Å²) in [5.74, 6) is -0.793. The summed E-state index contributed by atoms with van der Waals surface area (Å²) in [5.41, 5.74) is 0. The van der Waals surface area contributed by atoms with Crippen molar-refractivity contribution in [1.82, 2.24) is 9.80 Å². The largest absolute Gasteiger partial charge is 0.414 e. The molecule has 1 saturated heterocycles. The van der Waals surface area contributed by atoms with E-state index in [-0.39, 0.29) is 31.3 Å². The molecule has 1 atom stereocenters. The lowest BCUT2D eigenvalue weighted by molar-refractivity contribution is -0.223. The molecule has 0 radical (unpaired) electrons. The van der Waals surface area contributed by atoms with Gasteiger partial charge in [-0.05, 0) is 45.7 Å². The van der Waals surface area contributed by atoms with Crippen molar-refractivity contribution in [3.8, 4) is 0 Å². The van der Waals surface area contributed by atoms with Crippen LogP contribution in [0.3, 0.4) is 0 Å². The number of aliphatic hydroxyl groups is 1. The number of hydrogen-bond acceptors (Lipinski definition) is 3. The molecule has 4 nitrogen and oxygen atoms in total. The first-order valence-electron chi connectivity index (χ1n) is 6.85. The standard InChI is InChI=1S/C13H23F3N2O2/c1-9(2)17(3)11(19)8-18-6-4-10(5-7-18)12(20)13(14,15)16/h9-10,12,20H,4-8H2,1-3H3. The van der Waals surface area contributed by atoms with E-state index in [1.54, 1.807) is 11.9 Å². The number of halogens is 3. The maximum Gasteiger partial charge on any atom is 0.414 e. The van der Waals surface area contributed by atoms with Gasteiger partial charge in [0, 0.05) is 13.1 Å². The van der Waals surface area contributed by atoms with E-state index in [2.05, 4.69) is 0 Å². The molecular weight excluding hydrogens is 273 g/mol. The van der Waals surface area contributed by atoms with E-state index in [0.29, 0.717) is 13.1 Å². The van der Waals surface area contributed by atoms with Crippen LogP contribution in [0.1, 0.15) is 26.7 Å². The van der Waals surface area contributed by atoms with Gasteiger partial charge in [0.2, 0.25) is 5.91 Å². The Labute approximate surface area is 117 Å². The van der Waals surface area contributed by atoms with E-state index in [0.717, 1.165) is 0 Å². The van der Waals surface area contributed by atoms with Crippen LogP contribution >= 0.6 is 0 Å². The quantitative estimate of drug-likeness (QED) is 0.855. The van der Waals surface area contributed by atoms with Crippen molar-refractivity contribution >= 4 is 5.91 Å². The van der Waals surface area contributed by atoms with Gasteiger partial charge in [-0.15, -0.1) is 0 Å². The number of amides is 1. The van der Waals surface area contributed by atoms with Crippen LogP contribution in [0.25, 0.3) is 0 Å². The van der Waals surface area contributed by atoms with Crippen LogP contribution in [0.15, 0.2) is 0 Å². The number of hydrogen-bond donors (Lipinski definition) is 1. The van der Waals surface area contributed by atoms with Gasteiger partial charge in [0.1, 0.15) is 0 Å². The molecule has 1 rings (SSSR count). The summed E-state index contributed by atoms with van der Waals surface area (Å²) in [7, 11) is 1.72. The molecule has 0 bridgehead atoms. The summed E-state index contributed by atoms with van der Waals surface area (Å²) in [5, 5.41) is 9.22. The highest BCUT2D eigenvalue weighted by molar-refractivity contribution is 5.78. The topological polar surface area (TPSA) is 43.8 Å². The molecule has 20 heavy (non-hydrogen) atoms. The van der Waals surface area contributed by atoms with Gasteiger partial charge in [-0.1, -0.05) is 0 Å². The third-order valence-electron chi connectivity index (χ3n) is 3.94. The monoisotopic (exact) mass is 296 g/mol. The average Bonchev–Trinajstić information content (AvgIpc) is 2.36. The summed E-state index contributed by atoms with van der Waals surface area (Å²) < 4.78 is 37.2. The lowest BCUT2D eigenvalue weighted by Gasteiger charge is -2.35. The van der Waals surface area contributed by atoms with Crippen molar-refractivity contribution < 1.29 is 23.1 Å². The number of likely N-dealkylation sites (tertiary alicyclic amines) is 1. The van der Waals surface area contributed by atoms with Gasteiger partial charge in [-0.2, -0.15) is 13.2 Å². The Morgan fingerprint density at radius 2 is 1.85 bits per heavy atom. The Morgan fingerprint density at radius 3 is 2.25 bits per heavy atom. The predicted octanol–water partition coefficient (Wildman–Crippen LogP) is 1.49. The molecule has 1 fully saturated rings.